The van der Waals surface area contributed by atoms with Crippen LogP contribution in [0.15, 0.2) is 12.3 Å². The molecule has 1 heterocycles. The Bertz CT molecular complexity index is 170. The molecule has 0 aromatic rings. The first-order valence-electron chi connectivity index (χ1n) is 5.60. The lowest BCUT2D eigenvalue weighted by molar-refractivity contribution is 0.413. The van der Waals surface area contributed by atoms with Crippen molar-refractivity contribution in [1.82, 2.24) is 4.90 Å². The zero-order valence-electron chi connectivity index (χ0n) is 10.9. The monoisotopic (exact) mass is 197 g/mol. The first kappa shape index (κ1) is 13.5. The summed E-state index contributed by atoms with van der Waals surface area (Å²) in [6, 6.07) is 0. The first-order chi connectivity index (χ1) is 6.20. The van der Waals surface area contributed by atoms with E-state index in [0.717, 1.165) is 5.92 Å². The van der Waals surface area contributed by atoms with Crippen molar-refractivity contribution < 1.29 is 0 Å². The Hall–Kier alpha value is -0.460. The Morgan fingerprint density at radius 2 is 1.71 bits per heavy atom. The van der Waals surface area contributed by atoms with E-state index in [2.05, 4.69) is 53.0 Å². The van der Waals surface area contributed by atoms with Gasteiger partial charge in [-0.05, 0) is 24.7 Å². The van der Waals surface area contributed by atoms with Crippen molar-refractivity contribution in [3.63, 3.8) is 0 Å². The Morgan fingerprint density at radius 3 is 1.86 bits per heavy atom. The highest BCUT2D eigenvalue weighted by Gasteiger charge is 2.16. The molecule has 0 spiro atoms. The molecule has 0 N–H and O–H groups in total. The van der Waals surface area contributed by atoms with Gasteiger partial charge < -0.3 is 4.90 Å². The summed E-state index contributed by atoms with van der Waals surface area (Å²) in [6.45, 7) is 19.5. The maximum atomic E-state index is 3.90. The van der Waals surface area contributed by atoms with Crippen LogP contribution >= 0.6 is 0 Å². The Labute approximate surface area is 90.2 Å². The van der Waals surface area contributed by atoms with Crippen molar-refractivity contribution in [2.24, 2.45) is 11.3 Å². The normalized spacial score (nSPS) is 21.6. The van der Waals surface area contributed by atoms with Crippen LogP contribution in [-0.4, -0.2) is 18.0 Å². The molecule has 0 radical (unpaired) electrons. The third-order valence-corrected chi connectivity index (χ3v) is 1.96. The van der Waals surface area contributed by atoms with Gasteiger partial charge in [0.15, 0.2) is 0 Å². The van der Waals surface area contributed by atoms with Gasteiger partial charge in [-0.2, -0.15) is 0 Å². The fraction of sp³-hybridized carbons (Fsp3) is 0.846. The maximum Gasteiger partial charge on any atom is 0.0201 e. The molecule has 0 amide bonds. The molecule has 0 bridgehead atoms. The summed E-state index contributed by atoms with van der Waals surface area (Å²) in [5, 5.41) is 0. The Morgan fingerprint density at radius 1 is 1.29 bits per heavy atom. The molecule has 1 rings (SSSR count). The van der Waals surface area contributed by atoms with Crippen LogP contribution in [0.4, 0.5) is 0 Å². The van der Waals surface area contributed by atoms with Crippen molar-refractivity contribution in [2.45, 2.75) is 48.0 Å². The highest BCUT2D eigenvalue weighted by atomic mass is 15.1. The van der Waals surface area contributed by atoms with Gasteiger partial charge in [-0.15, -0.1) is 0 Å². The molecular formula is C13H27N. The van der Waals surface area contributed by atoms with Crippen LogP contribution < -0.4 is 0 Å². The SMILES string of the molecule is C=C(C)N1CCC(C)C1.CC(C)(C)C. The minimum Gasteiger partial charge on any atom is -0.375 e. The average Bonchev–Trinajstić information content (AvgIpc) is 2.31. The number of rotatable bonds is 1. The van der Waals surface area contributed by atoms with E-state index in [1.54, 1.807) is 0 Å². The van der Waals surface area contributed by atoms with Crippen molar-refractivity contribution in [1.29, 1.82) is 0 Å². The molecule has 0 aliphatic carbocycles. The summed E-state index contributed by atoms with van der Waals surface area (Å²) in [5.41, 5.74) is 1.72. The lowest BCUT2D eigenvalue weighted by Gasteiger charge is -2.16. The molecule has 0 aromatic carbocycles. The van der Waals surface area contributed by atoms with Crippen LogP contribution in [-0.2, 0) is 0 Å². The van der Waals surface area contributed by atoms with E-state index in [1.807, 2.05) is 0 Å². The largest absolute Gasteiger partial charge is 0.375 e. The number of hydrogen-bond donors (Lipinski definition) is 0. The summed E-state index contributed by atoms with van der Waals surface area (Å²) in [4.78, 5) is 2.35. The summed E-state index contributed by atoms with van der Waals surface area (Å²) in [7, 11) is 0. The van der Waals surface area contributed by atoms with Gasteiger partial charge in [0.25, 0.3) is 0 Å². The summed E-state index contributed by atoms with van der Waals surface area (Å²) in [6.07, 6.45) is 1.34. The molecule has 1 unspecified atom stereocenters. The molecule has 1 aliphatic rings. The Balaban J connectivity index is 0.000000292. The lowest BCUT2D eigenvalue weighted by Crippen LogP contribution is -2.16. The Kier molecular flexibility index (Phi) is 5.25. The molecule has 84 valence electrons. The van der Waals surface area contributed by atoms with Gasteiger partial charge in [0.1, 0.15) is 0 Å². The fourth-order valence-electron chi connectivity index (χ4n) is 1.28. The molecular weight excluding hydrogens is 170 g/mol. The van der Waals surface area contributed by atoms with E-state index < -0.39 is 0 Å². The highest BCUT2D eigenvalue weighted by molar-refractivity contribution is 4.92. The fourth-order valence-corrected chi connectivity index (χ4v) is 1.28. The van der Waals surface area contributed by atoms with Crippen LogP contribution in [0.3, 0.4) is 0 Å². The lowest BCUT2D eigenvalue weighted by atomic mass is 10.0. The molecule has 1 atom stereocenters. The van der Waals surface area contributed by atoms with Gasteiger partial charge >= 0.3 is 0 Å². The van der Waals surface area contributed by atoms with Gasteiger partial charge in [0, 0.05) is 18.8 Å². The molecule has 1 aliphatic heterocycles. The molecule has 1 fully saturated rings. The van der Waals surface area contributed by atoms with E-state index in [4.69, 9.17) is 0 Å². The zero-order valence-corrected chi connectivity index (χ0v) is 10.9. The number of allylic oxidation sites excluding steroid dienone is 1. The maximum absolute atomic E-state index is 3.90. The van der Waals surface area contributed by atoms with Crippen molar-refractivity contribution in [3.8, 4) is 0 Å². The molecule has 0 saturated carbocycles. The van der Waals surface area contributed by atoms with E-state index >= 15 is 0 Å². The summed E-state index contributed by atoms with van der Waals surface area (Å²) in [5.74, 6) is 0.877. The van der Waals surface area contributed by atoms with Crippen molar-refractivity contribution in [3.05, 3.63) is 12.3 Å². The van der Waals surface area contributed by atoms with Crippen LogP contribution in [0.1, 0.15) is 48.0 Å². The molecule has 1 heteroatoms. The number of likely N-dealkylation sites (tertiary alicyclic amines) is 1. The third kappa shape index (κ3) is 8.15. The average molecular weight is 197 g/mol. The number of nitrogens with zero attached hydrogens (tertiary/aromatic N) is 1. The molecule has 1 saturated heterocycles. The second-order valence-electron chi connectivity index (χ2n) is 6.08. The van der Waals surface area contributed by atoms with Crippen LogP contribution in [0.25, 0.3) is 0 Å². The second kappa shape index (κ2) is 5.43. The van der Waals surface area contributed by atoms with E-state index in [1.165, 1.54) is 25.2 Å². The molecule has 1 nitrogen and oxygen atoms in total. The van der Waals surface area contributed by atoms with E-state index in [-0.39, 0.29) is 0 Å². The van der Waals surface area contributed by atoms with E-state index in [0.29, 0.717) is 5.41 Å². The van der Waals surface area contributed by atoms with Crippen LogP contribution in [0, 0.1) is 11.3 Å². The second-order valence-corrected chi connectivity index (χ2v) is 6.08. The van der Waals surface area contributed by atoms with E-state index in [9.17, 15) is 0 Å². The summed E-state index contributed by atoms with van der Waals surface area (Å²) >= 11 is 0. The standard InChI is InChI=1S/C8H15N.C5H12/c1-7(2)9-5-4-8(3)6-9;1-5(2,3)4/h8H,1,4-6H2,2-3H3;1-4H3. The van der Waals surface area contributed by atoms with Crippen molar-refractivity contribution in [2.75, 3.05) is 13.1 Å². The third-order valence-electron chi connectivity index (χ3n) is 1.96. The van der Waals surface area contributed by atoms with Gasteiger partial charge in [0.2, 0.25) is 0 Å². The highest BCUT2D eigenvalue weighted by Crippen LogP contribution is 2.17. The van der Waals surface area contributed by atoms with Crippen LogP contribution in [0.2, 0.25) is 0 Å². The van der Waals surface area contributed by atoms with Crippen LogP contribution in [0.5, 0.6) is 0 Å². The van der Waals surface area contributed by atoms with Gasteiger partial charge in [-0.3, -0.25) is 0 Å². The summed E-state index contributed by atoms with van der Waals surface area (Å²) < 4.78 is 0. The smallest absolute Gasteiger partial charge is 0.0201 e. The van der Waals surface area contributed by atoms with Crippen molar-refractivity contribution >= 4 is 0 Å². The minimum atomic E-state index is 0.500. The molecule has 0 aromatic heterocycles. The number of hydrogen-bond acceptors (Lipinski definition) is 1. The topological polar surface area (TPSA) is 3.24 Å². The van der Waals surface area contributed by atoms with Gasteiger partial charge in [-0.25, -0.2) is 0 Å². The van der Waals surface area contributed by atoms with Gasteiger partial charge in [-0.1, -0.05) is 41.2 Å². The minimum absolute atomic E-state index is 0.500. The quantitative estimate of drug-likeness (QED) is 0.616. The predicted molar refractivity (Wildman–Crippen MR) is 65.3 cm³/mol. The zero-order chi connectivity index (χ0) is 11.4. The first-order valence-corrected chi connectivity index (χ1v) is 5.60. The predicted octanol–water partition coefficient (Wildman–Crippen LogP) is 3.91. The van der Waals surface area contributed by atoms with Gasteiger partial charge in [0.05, 0.1) is 0 Å². The molecule has 14 heavy (non-hydrogen) atoms.